The molecule has 1 unspecified atom stereocenters. The van der Waals surface area contributed by atoms with Crippen LogP contribution in [-0.2, 0) is 5.54 Å². The van der Waals surface area contributed by atoms with E-state index in [2.05, 4.69) is 36.5 Å². The number of nitrogens with one attached hydrogen (secondary N) is 1. The molecule has 25 heavy (non-hydrogen) atoms. The SMILES string of the molecule is CC.CC1(c2cccc(NCCC3CCCCC3)c2)CCSC(N)=N1. The van der Waals surface area contributed by atoms with Crippen molar-refractivity contribution in [2.45, 2.75) is 71.3 Å². The largest absolute Gasteiger partial charge is 0.385 e. The number of thioether (sulfide) groups is 1. The summed E-state index contributed by atoms with van der Waals surface area (Å²) in [6.45, 7) is 7.27. The Morgan fingerprint density at radius 2 is 2.00 bits per heavy atom. The van der Waals surface area contributed by atoms with Gasteiger partial charge in [-0.3, -0.25) is 4.99 Å². The highest BCUT2D eigenvalue weighted by atomic mass is 32.2. The second-order valence-corrected chi connectivity index (χ2v) is 8.24. The smallest absolute Gasteiger partial charge is 0.154 e. The third-order valence-corrected chi connectivity index (χ3v) is 6.08. The monoisotopic (exact) mass is 361 g/mol. The zero-order chi connectivity index (χ0) is 18.1. The fourth-order valence-electron chi connectivity index (χ4n) is 3.76. The lowest BCUT2D eigenvalue weighted by atomic mass is 9.87. The molecular weight excluding hydrogens is 326 g/mol. The van der Waals surface area contributed by atoms with E-state index < -0.39 is 0 Å². The maximum Gasteiger partial charge on any atom is 0.154 e. The van der Waals surface area contributed by atoms with Crippen molar-refractivity contribution >= 4 is 22.6 Å². The van der Waals surface area contributed by atoms with Crippen molar-refractivity contribution in [1.29, 1.82) is 0 Å². The van der Waals surface area contributed by atoms with Crippen LogP contribution in [0, 0.1) is 5.92 Å². The first-order valence-corrected chi connectivity index (χ1v) is 11.0. The maximum atomic E-state index is 5.95. The van der Waals surface area contributed by atoms with E-state index in [1.54, 1.807) is 11.8 Å². The van der Waals surface area contributed by atoms with Gasteiger partial charge in [-0.25, -0.2) is 0 Å². The van der Waals surface area contributed by atoms with E-state index in [9.17, 15) is 0 Å². The fourth-order valence-corrected chi connectivity index (χ4v) is 4.73. The number of benzene rings is 1. The molecule has 0 aromatic heterocycles. The van der Waals surface area contributed by atoms with E-state index in [0.717, 1.165) is 29.8 Å². The topological polar surface area (TPSA) is 50.4 Å². The molecule has 0 saturated heterocycles. The number of anilines is 1. The number of amidine groups is 1. The molecule has 3 rings (SSSR count). The van der Waals surface area contributed by atoms with E-state index in [4.69, 9.17) is 10.7 Å². The molecule has 1 heterocycles. The third kappa shape index (κ3) is 5.95. The second-order valence-electron chi connectivity index (χ2n) is 7.12. The summed E-state index contributed by atoms with van der Waals surface area (Å²) in [5.74, 6) is 1.97. The van der Waals surface area contributed by atoms with Crippen LogP contribution >= 0.6 is 11.8 Å². The number of hydrogen-bond acceptors (Lipinski definition) is 4. The molecule has 0 spiro atoms. The van der Waals surface area contributed by atoms with Gasteiger partial charge in [0.05, 0.1) is 5.54 Å². The minimum atomic E-state index is -0.170. The first-order valence-electron chi connectivity index (χ1n) is 9.98. The number of rotatable bonds is 5. The summed E-state index contributed by atoms with van der Waals surface area (Å²) in [5, 5.41) is 4.33. The van der Waals surface area contributed by atoms with Crippen LogP contribution < -0.4 is 11.1 Å². The lowest BCUT2D eigenvalue weighted by molar-refractivity contribution is 0.345. The molecule has 0 bridgehead atoms. The molecule has 140 valence electrons. The van der Waals surface area contributed by atoms with Crippen LogP contribution in [-0.4, -0.2) is 17.5 Å². The Morgan fingerprint density at radius 3 is 2.72 bits per heavy atom. The standard InChI is InChI=1S/C19H29N3S.C2H6/c1-19(11-13-23-18(20)22-19)16-8-5-9-17(14-16)21-12-10-15-6-3-2-4-7-15;1-2/h5,8-9,14-15,21H,2-4,6-7,10-13H2,1H3,(H2,20,22);1-2H3. The zero-order valence-corrected chi connectivity index (χ0v) is 17.0. The lowest BCUT2D eigenvalue weighted by Crippen LogP contribution is -2.28. The predicted octanol–water partition coefficient (Wildman–Crippen LogP) is 5.76. The molecule has 4 heteroatoms. The molecule has 2 aliphatic rings. The summed E-state index contributed by atoms with van der Waals surface area (Å²) in [5.41, 5.74) is 8.26. The average Bonchev–Trinajstić information content (AvgIpc) is 2.64. The Hall–Kier alpha value is -1.16. The maximum absolute atomic E-state index is 5.95. The summed E-state index contributed by atoms with van der Waals surface area (Å²) >= 11 is 1.66. The number of nitrogens with zero attached hydrogens (tertiary/aromatic N) is 1. The summed E-state index contributed by atoms with van der Waals surface area (Å²) in [4.78, 5) is 4.71. The molecule has 1 aromatic carbocycles. The molecule has 1 atom stereocenters. The van der Waals surface area contributed by atoms with Gasteiger partial charge in [-0.1, -0.05) is 69.8 Å². The Kier molecular flexibility index (Phi) is 8.14. The third-order valence-electron chi connectivity index (χ3n) is 5.29. The van der Waals surface area contributed by atoms with Crippen LogP contribution in [0.5, 0.6) is 0 Å². The van der Waals surface area contributed by atoms with Crippen LogP contribution in [0.2, 0.25) is 0 Å². The van der Waals surface area contributed by atoms with Gasteiger partial charge in [-0.2, -0.15) is 0 Å². The highest BCUT2D eigenvalue weighted by molar-refractivity contribution is 8.13. The van der Waals surface area contributed by atoms with E-state index in [1.807, 2.05) is 13.8 Å². The molecule has 3 N–H and O–H groups in total. The van der Waals surface area contributed by atoms with Gasteiger partial charge in [0.2, 0.25) is 0 Å². The van der Waals surface area contributed by atoms with Crippen molar-refractivity contribution in [2.75, 3.05) is 17.6 Å². The number of hydrogen-bond donors (Lipinski definition) is 2. The van der Waals surface area contributed by atoms with Crippen LogP contribution in [0.4, 0.5) is 5.69 Å². The summed E-state index contributed by atoms with van der Waals surface area (Å²) < 4.78 is 0. The van der Waals surface area contributed by atoms with Gasteiger partial charge in [0.15, 0.2) is 5.17 Å². The molecule has 0 amide bonds. The van der Waals surface area contributed by atoms with Crippen molar-refractivity contribution in [3.8, 4) is 0 Å². The highest BCUT2D eigenvalue weighted by Gasteiger charge is 2.29. The van der Waals surface area contributed by atoms with Gasteiger partial charge in [0, 0.05) is 18.0 Å². The lowest BCUT2D eigenvalue weighted by Gasteiger charge is -2.30. The Morgan fingerprint density at radius 1 is 1.24 bits per heavy atom. The van der Waals surface area contributed by atoms with Crippen LogP contribution in [0.25, 0.3) is 0 Å². The van der Waals surface area contributed by atoms with E-state index in [-0.39, 0.29) is 5.54 Å². The van der Waals surface area contributed by atoms with Crippen LogP contribution in [0.15, 0.2) is 29.3 Å². The minimum Gasteiger partial charge on any atom is -0.385 e. The van der Waals surface area contributed by atoms with Gasteiger partial charge in [0.25, 0.3) is 0 Å². The quantitative estimate of drug-likeness (QED) is 0.701. The summed E-state index contributed by atoms with van der Waals surface area (Å²) in [6, 6.07) is 8.74. The molecule has 1 saturated carbocycles. The van der Waals surface area contributed by atoms with Crippen LogP contribution in [0.3, 0.4) is 0 Å². The van der Waals surface area contributed by atoms with Gasteiger partial charge < -0.3 is 11.1 Å². The molecule has 0 radical (unpaired) electrons. The number of aliphatic imine (C=N–C) groups is 1. The number of nitrogens with two attached hydrogens (primary N) is 1. The Labute approximate surface area is 158 Å². The van der Waals surface area contributed by atoms with Gasteiger partial charge in [-0.15, -0.1) is 0 Å². The average molecular weight is 362 g/mol. The fraction of sp³-hybridized carbons (Fsp3) is 0.667. The van der Waals surface area contributed by atoms with Gasteiger partial charge in [0.1, 0.15) is 0 Å². The predicted molar refractivity (Wildman–Crippen MR) is 114 cm³/mol. The summed E-state index contributed by atoms with van der Waals surface area (Å²) in [6.07, 6.45) is 9.47. The van der Waals surface area contributed by atoms with Crippen molar-refractivity contribution in [1.82, 2.24) is 0 Å². The molecule has 1 aliphatic heterocycles. The van der Waals surface area contributed by atoms with Gasteiger partial charge >= 0.3 is 0 Å². The zero-order valence-electron chi connectivity index (χ0n) is 16.2. The second kappa shape index (κ2) is 10.1. The van der Waals surface area contributed by atoms with E-state index in [1.165, 1.54) is 49.8 Å². The highest BCUT2D eigenvalue weighted by Crippen LogP contribution is 2.36. The van der Waals surface area contributed by atoms with E-state index in [0.29, 0.717) is 0 Å². The molecule has 1 fully saturated rings. The Bertz CT molecular complexity index is 552. The Balaban J connectivity index is 0.00000109. The van der Waals surface area contributed by atoms with Crippen molar-refractivity contribution < 1.29 is 0 Å². The minimum absolute atomic E-state index is 0.170. The molecule has 1 aliphatic carbocycles. The van der Waals surface area contributed by atoms with E-state index >= 15 is 0 Å². The van der Waals surface area contributed by atoms with Crippen molar-refractivity contribution in [3.05, 3.63) is 29.8 Å². The molecular formula is C21H35N3S. The molecule has 3 nitrogen and oxygen atoms in total. The first-order chi connectivity index (χ1) is 12.2. The van der Waals surface area contributed by atoms with Crippen LogP contribution in [0.1, 0.15) is 71.3 Å². The van der Waals surface area contributed by atoms with Gasteiger partial charge in [-0.05, 0) is 43.4 Å². The first kappa shape index (κ1) is 20.2. The normalized spacial score (nSPS) is 24.0. The van der Waals surface area contributed by atoms with Crippen molar-refractivity contribution in [3.63, 3.8) is 0 Å². The molecule has 1 aromatic rings. The summed E-state index contributed by atoms with van der Waals surface area (Å²) in [7, 11) is 0. The van der Waals surface area contributed by atoms with Crippen molar-refractivity contribution in [2.24, 2.45) is 16.6 Å².